The lowest BCUT2D eigenvalue weighted by Crippen LogP contribution is -2.48. The number of nitrogens with one attached hydrogen (secondary N) is 1. The molecule has 2 aliphatic rings. The monoisotopic (exact) mass is 212 g/mol. The molecule has 2 rings (SSSR count). The number of hydrogen-bond acceptors (Lipinski definition) is 3. The van der Waals surface area contributed by atoms with Crippen LogP contribution in [-0.2, 0) is 4.74 Å². The van der Waals surface area contributed by atoms with E-state index in [1.807, 2.05) is 0 Å². The Morgan fingerprint density at radius 2 is 2.13 bits per heavy atom. The Morgan fingerprint density at radius 3 is 2.60 bits per heavy atom. The Hall–Kier alpha value is -0.120. The number of nitrogens with zero attached hydrogens (tertiary/aromatic N) is 1. The first-order valence-electron chi connectivity index (χ1n) is 6.11. The van der Waals surface area contributed by atoms with Gasteiger partial charge in [-0.3, -0.25) is 4.90 Å². The molecule has 0 aromatic rings. The highest BCUT2D eigenvalue weighted by atomic mass is 16.5. The molecule has 2 aliphatic heterocycles. The lowest BCUT2D eigenvalue weighted by Gasteiger charge is -2.36. The number of rotatable bonds is 4. The predicted octanol–water partition coefficient (Wildman–Crippen LogP) is 1.10. The maximum atomic E-state index is 5.21. The zero-order valence-corrected chi connectivity index (χ0v) is 10.3. The number of hydrogen-bond donors (Lipinski definition) is 1. The molecular weight excluding hydrogens is 188 g/mol. The van der Waals surface area contributed by atoms with Gasteiger partial charge < -0.3 is 10.1 Å². The molecule has 0 amide bonds. The van der Waals surface area contributed by atoms with E-state index in [9.17, 15) is 0 Å². The van der Waals surface area contributed by atoms with Gasteiger partial charge in [-0.2, -0.15) is 0 Å². The molecule has 2 heterocycles. The van der Waals surface area contributed by atoms with Crippen molar-refractivity contribution in [2.45, 2.75) is 38.8 Å². The van der Waals surface area contributed by atoms with Crippen LogP contribution in [0.3, 0.4) is 0 Å². The second kappa shape index (κ2) is 4.40. The molecule has 2 saturated heterocycles. The van der Waals surface area contributed by atoms with Gasteiger partial charge in [0.15, 0.2) is 0 Å². The molecule has 1 N–H and O–H groups in total. The highest BCUT2D eigenvalue weighted by Gasteiger charge is 2.34. The fourth-order valence-electron chi connectivity index (χ4n) is 2.50. The van der Waals surface area contributed by atoms with E-state index in [1.165, 1.54) is 25.9 Å². The molecule has 1 atom stereocenters. The minimum Gasteiger partial charge on any atom is -0.378 e. The molecule has 15 heavy (non-hydrogen) atoms. The van der Waals surface area contributed by atoms with Crippen LogP contribution in [0.1, 0.15) is 26.7 Å². The summed E-state index contributed by atoms with van der Waals surface area (Å²) in [7, 11) is 2.22. The van der Waals surface area contributed by atoms with Crippen molar-refractivity contribution in [1.29, 1.82) is 0 Å². The molecule has 3 nitrogen and oxygen atoms in total. The fraction of sp³-hybridized carbons (Fsp3) is 1.00. The van der Waals surface area contributed by atoms with Gasteiger partial charge in [-0.05, 0) is 38.4 Å². The maximum absolute atomic E-state index is 5.21. The van der Waals surface area contributed by atoms with Crippen molar-refractivity contribution >= 4 is 0 Å². The SMILES string of the molecule is CN(CCC1NCCC1(C)C)C1COC1. The summed E-state index contributed by atoms with van der Waals surface area (Å²) in [5.41, 5.74) is 0.483. The van der Waals surface area contributed by atoms with Crippen molar-refractivity contribution in [2.24, 2.45) is 5.41 Å². The van der Waals surface area contributed by atoms with Crippen molar-refractivity contribution < 1.29 is 4.74 Å². The van der Waals surface area contributed by atoms with Crippen LogP contribution < -0.4 is 5.32 Å². The van der Waals surface area contributed by atoms with Crippen molar-refractivity contribution in [3.8, 4) is 0 Å². The van der Waals surface area contributed by atoms with Crippen LogP contribution in [0.5, 0.6) is 0 Å². The van der Waals surface area contributed by atoms with Gasteiger partial charge >= 0.3 is 0 Å². The Morgan fingerprint density at radius 1 is 1.40 bits per heavy atom. The van der Waals surface area contributed by atoms with Gasteiger partial charge in [-0.15, -0.1) is 0 Å². The van der Waals surface area contributed by atoms with E-state index in [2.05, 4.69) is 31.1 Å². The van der Waals surface area contributed by atoms with Gasteiger partial charge in [0.2, 0.25) is 0 Å². The standard InChI is InChI=1S/C12H24N2O/c1-12(2)5-6-13-11(12)4-7-14(3)10-8-15-9-10/h10-11,13H,4-9H2,1-3H3. The molecule has 0 aromatic carbocycles. The highest BCUT2D eigenvalue weighted by molar-refractivity contribution is 4.91. The first-order chi connectivity index (χ1) is 7.09. The van der Waals surface area contributed by atoms with E-state index in [1.54, 1.807) is 0 Å². The normalized spacial score (nSPS) is 30.8. The summed E-state index contributed by atoms with van der Waals surface area (Å²) in [5, 5.41) is 3.62. The number of likely N-dealkylation sites (N-methyl/N-ethyl adjacent to an activating group) is 1. The van der Waals surface area contributed by atoms with Gasteiger partial charge in [0.1, 0.15) is 0 Å². The molecule has 0 aliphatic carbocycles. The van der Waals surface area contributed by atoms with Crippen molar-refractivity contribution in [3.05, 3.63) is 0 Å². The van der Waals surface area contributed by atoms with E-state index in [0.29, 0.717) is 17.5 Å². The molecule has 0 aromatic heterocycles. The van der Waals surface area contributed by atoms with E-state index < -0.39 is 0 Å². The average Bonchev–Trinajstić information content (AvgIpc) is 2.38. The second-order valence-corrected chi connectivity index (χ2v) is 5.71. The van der Waals surface area contributed by atoms with E-state index in [4.69, 9.17) is 4.74 Å². The van der Waals surface area contributed by atoms with Gasteiger partial charge in [0.05, 0.1) is 19.3 Å². The Bertz CT molecular complexity index is 214. The van der Waals surface area contributed by atoms with E-state index in [-0.39, 0.29) is 0 Å². The lowest BCUT2D eigenvalue weighted by molar-refractivity contribution is -0.0571. The van der Waals surface area contributed by atoms with Crippen molar-refractivity contribution in [1.82, 2.24) is 10.2 Å². The minimum absolute atomic E-state index is 0.483. The minimum atomic E-state index is 0.483. The molecule has 2 fully saturated rings. The molecule has 0 radical (unpaired) electrons. The highest BCUT2D eigenvalue weighted by Crippen LogP contribution is 2.31. The summed E-state index contributed by atoms with van der Waals surface area (Å²) in [6, 6.07) is 1.37. The van der Waals surface area contributed by atoms with Crippen LogP contribution in [0.4, 0.5) is 0 Å². The molecule has 1 unspecified atom stereocenters. The van der Waals surface area contributed by atoms with Crippen molar-refractivity contribution in [2.75, 3.05) is 33.4 Å². The van der Waals surface area contributed by atoms with E-state index >= 15 is 0 Å². The molecular formula is C12H24N2O. The summed E-state index contributed by atoms with van der Waals surface area (Å²) in [6.07, 6.45) is 2.58. The smallest absolute Gasteiger partial charge is 0.0645 e. The Labute approximate surface area is 93.2 Å². The van der Waals surface area contributed by atoms with Gasteiger partial charge in [-0.25, -0.2) is 0 Å². The third kappa shape index (κ3) is 2.52. The van der Waals surface area contributed by atoms with Crippen molar-refractivity contribution in [3.63, 3.8) is 0 Å². The zero-order valence-electron chi connectivity index (χ0n) is 10.3. The topological polar surface area (TPSA) is 24.5 Å². The van der Waals surface area contributed by atoms with Gasteiger partial charge in [0, 0.05) is 6.04 Å². The number of ether oxygens (including phenoxy) is 1. The van der Waals surface area contributed by atoms with Crippen LogP contribution in [0.2, 0.25) is 0 Å². The molecule has 88 valence electrons. The third-order valence-corrected chi connectivity index (χ3v) is 4.12. The fourth-order valence-corrected chi connectivity index (χ4v) is 2.50. The summed E-state index contributed by atoms with van der Waals surface area (Å²) in [5.74, 6) is 0. The third-order valence-electron chi connectivity index (χ3n) is 4.12. The summed E-state index contributed by atoms with van der Waals surface area (Å²) in [4.78, 5) is 2.44. The summed E-state index contributed by atoms with van der Waals surface area (Å²) in [6.45, 7) is 8.99. The summed E-state index contributed by atoms with van der Waals surface area (Å²) < 4.78 is 5.21. The summed E-state index contributed by atoms with van der Waals surface area (Å²) >= 11 is 0. The Kier molecular flexibility index (Phi) is 3.33. The van der Waals surface area contributed by atoms with Gasteiger partial charge in [-0.1, -0.05) is 13.8 Å². The van der Waals surface area contributed by atoms with Gasteiger partial charge in [0.25, 0.3) is 0 Å². The molecule has 0 saturated carbocycles. The maximum Gasteiger partial charge on any atom is 0.0645 e. The second-order valence-electron chi connectivity index (χ2n) is 5.71. The van der Waals surface area contributed by atoms with Crippen LogP contribution in [-0.4, -0.2) is 50.3 Å². The quantitative estimate of drug-likeness (QED) is 0.755. The largest absolute Gasteiger partial charge is 0.378 e. The first-order valence-corrected chi connectivity index (χ1v) is 6.11. The van der Waals surface area contributed by atoms with Crippen LogP contribution in [0.25, 0.3) is 0 Å². The lowest BCUT2D eigenvalue weighted by atomic mass is 9.83. The average molecular weight is 212 g/mol. The Balaban J connectivity index is 1.72. The van der Waals surface area contributed by atoms with E-state index in [0.717, 1.165) is 13.2 Å². The zero-order chi connectivity index (χ0) is 10.9. The van der Waals surface area contributed by atoms with Crippen LogP contribution >= 0.6 is 0 Å². The molecule has 0 spiro atoms. The van der Waals surface area contributed by atoms with Crippen LogP contribution in [0.15, 0.2) is 0 Å². The molecule has 0 bridgehead atoms. The predicted molar refractivity (Wildman–Crippen MR) is 62.0 cm³/mol. The first kappa shape index (κ1) is 11.4. The molecule has 3 heteroatoms. The van der Waals surface area contributed by atoms with Crippen LogP contribution in [0, 0.1) is 5.41 Å².